The van der Waals surface area contributed by atoms with E-state index in [1.165, 1.54) is 0 Å². The monoisotopic (exact) mass is 289 g/mol. The highest BCUT2D eigenvalue weighted by molar-refractivity contribution is 6.31. The maximum absolute atomic E-state index is 5.94. The van der Waals surface area contributed by atoms with Crippen LogP contribution in [0.1, 0.15) is 0 Å². The SMILES string of the molecule is Clc1cncc(-c2c[nH]c(-c3cncc(Cl)c3)c2)c1. The number of H-pyrrole nitrogens is 1. The number of rotatable bonds is 2. The lowest BCUT2D eigenvalue weighted by Crippen LogP contribution is -1.79. The number of pyridine rings is 2. The van der Waals surface area contributed by atoms with E-state index in [9.17, 15) is 0 Å². The second kappa shape index (κ2) is 5.03. The molecule has 0 bridgehead atoms. The number of hydrogen-bond acceptors (Lipinski definition) is 2. The Hall–Kier alpha value is -1.84. The van der Waals surface area contributed by atoms with Crippen LogP contribution in [0.3, 0.4) is 0 Å². The molecule has 0 amide bonds. The molecular weight excluding hydrogens is 281 g/mol. The van der Waals surface area contributed by atoms with E-state index in [2.05, 4.69) is 15.0 Å². The summed E-state index contributed by atoms with van der Waals surface area (Å²) in [5.74, 6) is 0. The standard InChI is InChI=1S/C14H9Cl2N3/c15-12-1-9(4-17-7-12)10-3-14(19-6-10)11-2-13(16)8-18-5-11/h1-8,19H. The molecule has 0 saturated heterocycles. The van der Waals surface area contributed by atoms with Crippen molar-refractivity contribution in [1.29, 1.82) is 0 Å². The van der Waals surface area contributed by atoms with Crippen molar-refractivity contribution >= 4 is 23.2 Å². The zero-order chi connectivity index (χ0) is 13.2. The molecule has 0 atom stereocenters. The van der Waals surface area contributed by atoms with Gasteiger partial charge in [0.15, 0.2) is 0 Å². The van der Waals surface area contributed by atoms with E-state index in [0.29, 0.717) is 10.0 Å². The minimum absolute atomic E-state index is 0.609. The summed E-state index contributed by atoms with van der Waals surface area (Å²) < 4.78 is 0. The van der Waals surface area contributed by atoms with Gasteiger partial charge in [-0.15, -0.1) is 0 Å². The van der Waals surface area contributed by atoms with Gasteiger partial charge in [0.05, 0.1) is 10.0 Å². The maximum atomic E-state index is 5.94. The average molecular weight is 290 g/mol. The van der Waals surface area contributed by atoms with Gasteiger partial charge in [0, 0.05) is 53.4 Å². The highest BCUT2D eigenvalue weighted by atomic mass is 35.5. The second-order valence-corrected chi connectivity index (χ2v) is 4.96. The lowest BCUT2D eigenvalue weighted by atomic mass is 10.1. The van der Waals surface area contributed by atoms with E-state index in [1.54, 1.807) is 24.8 Å². The summed E-state index contributed by atoms with van der Waals surface area (Å²) in [7, 11) is 0. The van der Waals surface area contributed by atoms with Gasteiger partial charge in [-0.2, -0.15) is 0 Å². The molecule has 0 aliphatic rings. The first-order valence-electron chi connectivity index (χ1n) is 5.62. The maximum Gasteiger partial charge on any atom is 0.0596 e. The summed E-state index contributed by atoms with van der Waals surface area (Å²) >= 11 is 11.9. The van der Waals surface area contributed by atoms with Crippen molar-refractivity contribution in [3.05, 3.63) is 59.2 Å². The number of hydrogen-bond donors (Lipinski definition) is 1. The van der Waals surface area contributed by atoms with Crippen molar-refractivity contribution < 1.29 is 0 Å². The lowest BCUT2D eigenvalue weighted by Gasteiger charge is -1.98. The Bertz CT molecular complexity index is 662. The summed E-state index contributed by atoms with van der Waals surface area (Å²) in [5.41, 5.74) is 3.87. The fraction of sp³-hybridized carbons (Fsp3) is 0. The third-order valence-corrected chi connectivity index (χ3v) is 3.15. The molecule has 94 valence electrons. The Morgan fingerprint density at radius 2 is 1.37 bits per heavy atom. The first kappa shape index (κ1) is 12.2. The van der Waals surface area contributed by atoms with Crippen molar-refractivity contribution in [3.8, 4) is 22.4 Å². The second-order valence-electron chi connectivity index (χ2n) is 4.09. The zero-order valence-electron chi connectivity index (χ0n) is 9.77. The van der Waals surface area contributed by atoms with Gasteiger partial charge in [0.25, 0.3) is 0 Å². The average Bonchev–Trinajstić information content (AvgIpc) is 2.88. The fourth-order valence-corrected chi connectivity index (χ4v) is 2.20. The quantitative estimate of drug-likeness (QED) is 0.757. The first-order valence-corrected chi connectivity index (χ1v) is 6.38. The van der Waals surface area contributed by atoms with Crippen molar-refractivity contribution in [3.63, 3.8) is 0 Å². The molecule has 0 spiro atoms. The van der Waals surface area contributed by atoms with Crippen LogP contribution in [0.2, 0.25) is 10.0 Å². The van der Waals surface area contributed by atoms with Gasteiger partial charge in [-0.3, -0.25) is 9.97 Å². The zero-order valence-corrected chi connectivity index (χ0v) is 11.3. The van der Waals surface area contributed by atoms with Crippen LogP contribution in [0.25, 0.3) is 22.4 Å². The molecule has 0 aromatic carbocycles. The van der Waals surface area contributed by atoms with Crippen LogP contribution in [0.15, 0.2) is 49.2 Å². The third kappa shape index (κ3) is 2.62. The summed E-state index contributed by atoms with van der Waals surface area (Å²) in [6.07, 6.45) is 8.66. The van der Waals surface area contributed by atoms with Crippen LogP contribution in [-0.2, 0) is 0 Å². The molecular formula is C14H9Cl2N3. The fourth-order valence-electron chi connectivity index (χ4n) is 1.86. The van der Waals surface area contributed by atoms with Crippen LogP contribution in [0.4, 0.5) is 0 Å². The molecule has 0 radical (unpaired) electrons. The normalized spacial score (nSPS) is 10.6. The van der Waals surface area contributed by atoms with E-state index in [1.807, 2.05) is 24.4 Å². The van der Waals surface area contributed by atoms with Crippen molar-refractivity contribution in [1.82, 2.24) is 15.0 Å². The number of aromatic amines is 1. The first-order chi connectivity index (χ1) is 9.22. The minimum atomic E-state index is 0.609. The lowest BCUT2D eigenvalue weighted by molar-refractivity contribution is 1.30. The minimum Gasteiger partial charge on any atom is -0.361 e. The van der Waals surface area contributed by atoms with Crippen molar-refractivity contribution in [2.24, 2.45) is 0 Å². The van der Waals surface area contributed by atoms with Gasteiger partial charge in [0.2, 0.25) is 0 Å². The summed E-state index contributed by atoms with van der Waals surface area (Å²) in [4.78, 5) is 11.3. The number of nitrogens with zero attached hydrogens (tertiary/aromatic N) is 2. The summed E-state index contributed by atoms with van der Waals surface area (Å²) in [5, 5.41) is 1.22. The molecule has 0 aliphatic heterocycles. The number of nitrogens with one attached hydrogen (secondary N) is 1. The predicted octanol–water partition coefficient (Wildman–Crippen LogP) is 4.45. The van der Waals surface area contributed by atoms with E-state index in [4.69, 9.17) is 23.2 Å². The van der Waals surface area contributed by atoms with Crippen molar-refractivity contribution in [2.75, 3.05) is 0 Å². The molecule has 3 nitrogen and oxygen atoms in total. The summed E-state index contributed by atoms with van der Waals surface area (Å²) in [6, 6.07) is 5.75. The van der Waals surface area contributed by atoms with E-state index in [0.717, 1.165) is 22.4 Å². The van der Waals surface area contributed by atoms with Crippen LogP contribution in [0, 0.1) is 0 Å². The molecule has 0 saturated carbocycles. The highest BCUT2D eigenvalue weighted by Gasteiger charge is 2.05. The van der Waals surface area contributed by atoms with Crippen molar-refractivity contribution in [2.45, 2.75) is 0 Å². The molecule has 0 aliphatic carbocycles. The largest absolute Gasteiger partial charge is 0.361 e. The molecule has 3 aromatic rings. The van der Waals surface area contributed by atoms with E-state index >= 15 is 0 Å². The number of halogens is 2. The van der Waals surface area contributed by atoms with E-state index < -0.39 is 0 Å². The smallest absolute Gasteiger partial charge is 0.0596 e. The van der Waals surface area contributed by atoms with Crippen LogP contribution in [-0.4, -0.2) is 15.0 Å². The Balaban J connectivity index is 2.00. The molecule has 0 fully saturated rings. The van der Waals surface area contributed by atoms with Crippen LogP contribution < -0.4 is 0 Å². The Morgan fingerprint density at radius 1 is 0.737 bits per heavy atom. The van der Waals surface area contributed by atoms with Crippen LogP contribution >= 0.6 is 23.2 Å². The van der Waals surface area contributed by atoms with Gasteiger partial charge in [-0.05, 0) is 18.2 Å². The molecule has 3 heterocycles. The highest BCUT2D eigenvalue weighted by Crippen LogP contribution is 2.27. The van der Waals surface area contributed by atoms with Gasteiger partial charge in [-0.1, -0.05) is 23.2 Å². The molecule has 5 heteroatoms. The molecule has 1 N–H and O–H groups in total. The Kier molecular flexibility index (Phi) is 3.23. The Labute approximate surface area is 120 Å². The molecule has 3 aromatic heterocycles. The topological polar surface area (TPSA) is 41.6 Å². The molecule has 0 unspecified atom stereocenters. The van der Waals surface area contributed by atoms with Gasteiger partial charge in [-0.25, -0.2) is 0 Å². The number of aromatic nitrogens is 3. The van der Waals surface area contributed by atoms with Gasteiger partial charge < -0.3 is 4.98 Å². The van der Waals surface area contributed by atoms with Crippen LogP contribution in [0.5, 0.6) is 0 Å². The molecule has 19 heavy (non-hydrogen) atoms. The Morgan fingerprint density at radius 3 is 2.05 bits per heavy atom. The summed E-state index contributed by atoms with van der Waals surface area (Å²) in [6.45, 7) is 0. The molecule has 3 rings (SSSR count). The third-order valence-electron chi connectivity index (χ3n) is 2.74. The van der Waals surface area contributed by atoms with Gasteiger partial charge >= 0.3 is 0 Å². The van der Waals surface area contributed by atoms with Gasteiger partial charge in [0.1, 0.15) is 0 Å². The predicted molar refractivity (Wildman–Crippen MR) is 77.3 cm³/mol. The van der Waals surface area contributed by atoms with E-state index in [-0.39, 0.29) is 0 Å².